The molecule has 1 atom stereocenters. The minimum atomic E-state index is -0.290. The van der Waals surface area contributed by atoms with Crippen molar-refractivity contribution in [1.82, 2.24) is 9.80 Å². The molecule has 2 fully saturated rings. The van der Waals surface area contributed by atoms with Crippen LogP contribution in [0.5, 0.6) is 0 Å². The van der Waals surface area contributed by atoms with Crippen LogP contribution in [-0.4, -0.2) is 53.2 Å². The van der Waals surface area contributed by atoms with Gasteiger partial charge in [-0.15, -0.1) is 0 Å². The average Bonchev–Trinajstić information content (AvgIpc) is 2.89. The summed E-state index contributed by atoms with van der Waals surface area (Å²) in [6.45, 7) is 11.3. The molecule has 1 amide bonds. The van der Waals surface area contributed by atoms with Gasteiger partial charge in [-0.1, -0.05) is 27.7 Å². The molecule has 4 heteroatoms. The molecule has 0 N–H and O–H groups in total. The molecular weight excluding hydrogens is 252 g/mol. The molecule has 0 bridgehead atoms. The number of Topliss-reactive ketones (excluding diaryl/α,β-unsaturated/α-hetero) is 1. The summed E-state index contributed by atoms with van der Waals surface area (Å²) in [5.74, 6) is 0.951. The van der Waals surface area contributed by atoms with Gasteiger partial charge in [0.25, 0.3) is 0 Å². The Hall–Kier alpha value is -0.900. The predicted octanol–water partition coefficient (Wildman–Crippen LogP) is 1.93. The van der Waals surface area contributed by atoms with Crippen LogP contribution in [0.3, 0.4) is 0 Å². The molecule has 2 rings (SSSR count). The highest BCUT2D eigenvalue weighted by Crippen LogP contribution is 2.39. The van der Waals surface area contributed by atoms with Crippen LogP contribution < -0.4 is 0 Å². The van der Waals surface area contributed by atoms with E-state index in [1.807, 2.05) is 13.8 Å². The predicted molar refractivity (Wildman–Crippen MR) is 79.4 cm³/mol. The van der Waals surface area contributed by atoms with Crippen molar-refractivity contribution < 1.29 is 9.59 Å². The summed E-state index contributed by atoms with van der Waals surface area (Å²) in [5.41, 5.74) is -0.290. The monoisotopic (exact) mass is 280 g/mol. The lowest BCUT2D eigenvalue weighted by molar-refractivity contribution is -0.140. The van der Waals surface area contributed by atoms with Crippen LogP contribution in [0.2, 0.25) is 0 Å². The second-order valence-corrected chi connectivity index (χ2v) is 7.07. The highest BCUT2D eigenvalue weighted by atomic mass is 16.2. The van der Waals surface area contributed by atoms with Crippen LogP contribution in [0.15, 0.2) is 0 Å². The molecule has 20 heavy (non-hydrogen) atoms. The van der Waals surface area contributed by atoms with Crippen molar-refractivity contribution in [3.63, 3.8) is 0 Å². The first-order valence-electron chi connectivity index (χ1n) is 7.94. The summed E-state index contributed by atoms with van der Waals surface area (Å²) < 4.78 is 0. The number of ketones is 1. The Labute approximate surface area is 122 Å². The molecule has 2 aliphatic heterocycles. The van der Waals surface area contributed by atoms with E-state index < -0.39 is 0 Å². The Morgan fingerprint density at radius 1 is 1.20 bits per heavy atom. The topological polar surface area (TPSA) is 40.6 Å². The second-order valence-electron chi connectivity index (χ2n) is 7.07. The third-order valence-electron chi connectivity index (χ3n) is 4.68. The largest absolute Gasteiger partial charge is 0.334 e. The summed E-state index contributed by atoms with van der Waals surface area (Å²) in [7, 11) is 0. The first-order chi connectivity index (χ1) is 9.36. The van der Waals surface area contributed by atoms with E-state index in [4.69, 9.17) is 0 Å². The molecule has 0 radical (unpaired) electrons. The smallest absolute Gasteiger partial charge is 0.243 e. The zero-order valence-electron chi connectivity index (χ0n) is 13.3. The van der Waals surface area contributed by atoms with Crippen molar-refractivity contribution in [2.24, 2.45) is 11.8 Å². The Balaban J connectivity index is 2.07. The van der Waals surface area contributed by atoms with Crippen molar-refractivity contribution in [3.05, 3.63) is 0 Å². The fourth-order valence-electron chi connectivity index (χ4n) is 3.51. The number of likely N-dealkylation sites (tertiary alicyclic amines) is 2. The standard InChI is InChI=1S/C16H28N2O2/c1-12(2)10-18-8-5-6-16(18)7-9-17(15(16)20)11-14(19)13(3)4/h12-13H,5-11H2,1-4H3/t16-/m1/s1. The van der Waals surface area contributed by atoms with E-state index in [1.54, 1.807) is 4.90 Å². The fourth-order valence-corrected chi connectivity index (χ4v) is 3.51. The molecule has 0 aromatic rings. The quantitative estimate of drug-likeness (QED) is 0.772. The van der Waals surface area contributed by atoms with E-state index in [9.17, 15) is 9.59 Å². The van der Waals surface area contributed by atoms with Crippen LogP contribution in [0.25, 0.3) is 0 Å². The maximum absolute atomic E-state index is 12.8. The van der Waals surface area contributed by atoms with Gasteiger partial charge in [0.2, 0.25) is 5.91 Å². The van der Waals surface area contributed by atoms with Gasteiger partial charge >= 0.3 is 0 Å². The van der Waals surface area contributed by atoms with E-state index in [1.165, 1.54) is 0 Å². The van der Waals surface area contributed by atoms with Gasteiger partial charge in [0.05, 0.1) is 6.54 Å². The third kappa shape index (κ3) is 2.76. The molecule has 0 aromatic heterocycles. The number of nitrogens with zero attached hydrogens (tertiary/aromatic N) is 2. The summed E-state index contributed by atoms with van der Waals surface area (Å²) in [6.07, 6.45) is 2.96. The van der Waals surface area contributed by atoms with Crippen molar-refractivity contribution in [3.8, 4) is 0 Å². The van der Waals surface area contributed by atoms with Crippen LogP contribution in [0, 0.1) is 11.8 Å². The Bertz CT molecular complexity index is 392. The van der Waals surface area contributed by atoms with E-state index in [2.05, 4.69) is 18.7 Å². The van der Waals surface area contributed by atoms with Gasteiger partial charge in [-0.25, -0.2) is 0 Å². The van der Waals surface area contributed by atoms with Gasteiger partial charge in [0, 0.05) is 19.0 Å². The maximum atomic E-state index is 12.8. The lowest BCUT2D eigenvalue weighted by atomic mass is 9.93. The highest BCUT2D eigenvalue weighted by molar-refractivity contribution is 5.93. The molecular formula is C16H28N2O2. The van der Waals surface area contributed by atoms with Crippen molar-refractivity contribution in [2.75, 3.05) is 26.2 Å². The number of rotatable bonds is 5. The molecule has 114 valence electrons. The highest BCUT2D eigenvalue weighted by Gasteiger charge is 2.53. The van der Waals surface area contributed by atoms with Gasteiger partial charge in [-0.3, -0.25) is 14.5 Å². The first-order valence-corrected chi connectivity index (χ1v) is 7.94. The van der Waals surface area contributed by atoms with E-state index in [-0.39, 0.29) is 23.1 Å². The summed E-state index contributed by atoms with van der Waals surface area (Å²) >= 11 is 0. The number of hydrogen-bond acceptors (Lipinski definition) is 3. The molecule has 0 unspecified atom stereocenters. The summed E-state index contributed by atoms with van der Waals surface area (Å²) in [6, 6.07) is 0. The minimum Gasteiger partial charge on any atom is -0.334 e. The molecule has 4 nitrogen and oxygen atoms in total. The molecule has 2 saturated heterocycles. The SMILES string of the molecule is CC(C)CN1CCC[C@]12CCN(CC(=O)C(C)C)C2=O. The van der Waals surface area contributed by atoms with Crippen LogP contribution in [0.4, 0.5) is 0 Å². The van der Waals surface area contributed by atoms with E-state index in [0.717, 1.165) is 38.9 Å². The number of amides is 1. The number of carbonyl (C=O) groups excluding carboxylic acids is 2. The minimum absolute atomic E-state index is 0.00898. The summed E-state index contributed by atoms with van der Waals surface area (Å²) in [5, 5.41) is 0. The summed E-state index contributed by atoms with van der Waals surface area (Å²) in [4.78, 5) is 28.9. The van der Waals surface area contributed by atoms with E-state index in [0.29, 0.717) is 12.5 Å². The zero-order chi connectivity index (χ0) is 14.9. The van der Waals surface area contributed by atoms with Crippen molar-refractivity contribution in [2.45, 2.75) is 52.5 Å². The van der Waals surface area contributed by atoms with Crippen molar-refractivity contribution in [1.29, 1.82) is 0 Å². The fraction of sp³-hybridized carbons (Fsp3) is 0.875. The average molecular weight is 280 g/mol. The number of hydrogen-bond donors (Lipinski definition) is 0. The molecule has 0 saturated carbocycles. The van der Waals surface area contributed by atoms with Crippen molar-refractivity contribution >= 4 is 11.7 Å². The molecule has 1 spiro atoms. The molecule has 0 aliphatic carbocycles. The van der Waals surface area contributed by atoms with Gasteiger partial charge < -0.3 is 4.90 Å². The van der Waals surface area contributed by atoms with Crippen LogP contribution >= 0.6 is 0 Å². The Kier molecular flexibility index (Phi) is 4.52. The van der Waals surface area contributed by atoms with Crippen LogP contribution in [0.1, 0.15) is 47.0 Å². The molecule has 2 aliphatic rings. The Morgan fingerprint density at radius 2 is 1.90 bits per heavy atom. The lowest BCUT2D eigenvalue weighted by Crippen LogP contribution is -2.52. The maximum Gasteiger partial charge on any atom is 0.243 e. The zero-order valence-corrected chi connectivity index (χ0v) is 13.3. The number of carbonyl (C=O) groups is 2. The molecule has 2 heterocycles. The van der Waals surface area contributed by atoms with Gasteiger partial charge in [-0.2, -0.15) is 0 Å². The molecule has 0 aromatic carbocycles. The normalized spacial score (nSPS) is 27.5. The van der Waals surface area contributed by atoms with Crippen LogP contribution in [-0.2, 0) is 9.59 Å². The third-order valence-corrected chi connectivity index (χ3v) is 4.68. The lowest BCUT2D eigenvalue weighted by Gasteiger charge is -2.34. The van der Waals surface area contributed by atoms with Gasteiger partial charge in [-0.05, 0) is 31.7 Å². The van der Waals surface area contributed by atoms with E-state index >= 15 is 0 Å². The van der Waals surface area contributed by atoms with Gasteiger partial charge in [0.1, 0.15) is 5.54 Å². The second kappa shape index (κ2) is 5.84. The Morgan fingerprint density at radius 3 is 2.50 bits per heavy atom. The van der Waals surface area contributed by atoms with Gasteiger partial charge in [0.15, 0.2) is 5.78 Å². The first kappa shape index (κ1) is 15.5.